The number of nitrogens with zero attached hydrogens (tertiary/aromatic N) is 2. The molecule has 0 unspecified atom stereocenters. The molecule has 0 bridgehead atoms. The first-order valence-electron chi connectivity index (χ1n) is 9.35. The lowest BCUT2D eigenvalue weighted by atomic mass is 10.3. The highest BCUT2D eigenvalue weighted by atomic mass is 79.9. The fourth-order valence-corrected chi connectivity index (χ4v) is 3.30. The Morgan fingerprint density at radius 1 is 1.09 bits per heavy atom. The van der Waals surface area contributed by atoms with Crippen molar-refractivity contribution in [3.05, 3.63) is 93.0 Å². The number of amides is 1. The van der Waals surface area contributed by atoms with E-state index in [4.69, 9.17) is 37.1 Å². The molecule has 1 amide bonds. The van der Waals surface area contributed by atoms with Gasteiger partial charge >= 0.3 is 0 Å². The highest BCUT2D eigenvalue weighted by Crippen LogP contribution is 2.32. The van der Waals surface area contributed by atoms with Gasteiger partial charge in [0.15, 0.2) is 12.5 Å². The molecule has 1 N–H and O–H groups in total. The van der Waals surface area contributed by atoms with Gasteiger partial charge in [0.1, 0.15) is 28.9 Å². The quantitative estimate of drug-likeness (QED) is 0.281. The molecule has 32 heavy (non-hydrogen) atoms. The van der Waals surface area contributed by atoms with Crippen LogP contribution < -0.4 is 14.8 Å². The summed E-state index contributed by atoms with van der Waals surface area (Å²) in [6.45, 7) is 0.296. The van der Waals surface area contributed by atoms with Gasteiger partial charge in [-0.3, -0.25) is 4.79 Å². The summed E-state index contributed by atoms with van der Waals surface area (Å²) in [7, 11) is 0. The molecule has 0 spiro atoms. The first-order valence-corrected chi connectivity index (χ1v) is 10.9. The van der Waals surface area contributed by atoms with Crippen molar-refractivity contribution in [1.82, 2.24) is 9.78 Å². The highest BCUT2D eigenvalue weighted by Gasteiger charge is 2.14. The minimum atomic E-state index is -0.412. The molecule has 0 saturated carbocycles. The first kappa shape index (κ1) is 22.3. The van der Waals surface area contributed by atoms with E-state index >= 15 is 0 Å². The molecule has 7 nitrogen and oxygen atoms in total. The van der Waals surface area contributed by atoms with E-state index in [1.54, 1.807) is 41.2 Å². The summed E-state index contributed by atoms with van der Waals surface area (Å²) in [5.74, 6) is 1.33. The van der Waals surface area contributed by atoms with Gasteiger partial charge in [0.25, 0.3) is 5.91 Å². The molecule has 164 valence electrons. The average Bonchev–Trinajstić information content (AvgIpc) is 3.44. The summed E-state index contributed by atoms with van der Waals surface area (Å²) in [6, 6.07) is 15.8. The predicted octanol–water partition coefficient (Wildman–Crippen LogP) is 6.41. The van der Waals surface area contributed by atoms with Crippen LogP contribution in [0.25, 0.3) is 0 Å². The molecule has 0 aliphatic rings. The van der Waals surface area contributed by atoms with Gasteiger partial charge in [0.2, 0.25) is 0 Å². The van der Waals surface area contributed by atoms with Crippen molar-refractivity contribution < 1.29 is 18.7 Å². The lowest BCUT2D eigenvalue weighted by molar-refractivity contribution is 0.0992. The number of nitrogens with one attached hydrogen (secondary N) is 1. The molecule has 2 heterocycles. The van der Waals surface area contributed by atoms with E-state index in [0.29, 0.717) is 33.0 Å². The van der Waals surface area contributed by atoms with Gasteiger partial charge in [0.05, 0.1) is 23.1 Å². The number of carbonyl (C=O) groups is 1. The van der Waals surface area contributed by atoms with Gasteiger partial charge in [-0.15, -0.1) is 0 Å². The maximum absolute atomic E-state index is 12.5. The van der Waals surface area contributed by atoms with E-state index in [9.17, 15) is 4.79 Å². The molecule has 10 heteroatoms. The third-order valence-corrected chi connectivity index (χ3v) is 5.57. The number of halogens is 3. The van der Waals surface area contributed by atoms with Crippen molar-refractivity contribution in [2.75, 3.05) is 5.32 Å². The Kier molecular flexibility index (Phi) is 7.04. The number of carbonyl (C=O) groups excluding carboxylic acids is 1. The van der Waals surface area contributed by atoms with E-state index in [1.807, 2.05) is 24.3 Å². The van der Waals surface area contributed by atoms with E-state index in [2.05, 4.69) is 26.3 Å². The van der Waals surface area contributed by atoms with Crippen LogP contribution in [0.2, 0.25) is 10.0 Å². The van der Waals surface area contributed by atoms with Crippen molar-refractivity contribution in [3.63, 3.8) is 0 Å². The summed E-state index contributed by atoms with van der Waals surface area (Å²) >= 11 is 15.4. The number of hydrogen-bond acceptors (Lipinski definition) is 5. The first-order chi connectivity index (χ1) is 15.5. The molecule has 4 aromatic rings. The predicted molar refractivity (Wildman–Crippen MR) is 124 cm³/mol. The smallest absolute Gasteiger partial charge is 0.291 e. The number of anilines is 1. The minimum Gasteiger partial charge on any atom is -0.484 e. The van der Waals surface area contributed by atoms with E-state index in [-0.39, 0.29) is 19.1 Å². The van der Waals surface area contributed by atoms with Crippen molar-refractivity contribution >= 4 is 50.7 Å². The molecule has 0 aliphatic heterocycles. The van der Waals surface area contributed by atoms with Gasteiger partial charge in [-0.05, 0) is 48.5 Å². The summed E-state index contributed by atoms with van der Waals surface area (Å²) < 4.78 is 19.4. The minimum absolute atomic E-state index is 0.0959. The second kappa shape index (κ2) is 10.1. The Balaban J connectivity index is 1.30. The van der Waals surface area contributed by atoms with Crippen LogP contribution >= 0.6 is 39.1 Å². The van der Waals surface area contributed by atoms with E-state index in [0.717, 1.165) is 4.47 Å². The van der Waals surface area contributed by atoms with Gasteiger partial charge in [-0.25, -0.2) is 4.68 Å². The molecule has 0 aliphatic carbocycles. The average molecular weight is 537 g/mol. The Labute approximate surface area is 202 Å². The molecule has 2 aromatic carbocycles. The van der Waals surface area contributed by atoms with Crippen LogP contribution in [0.1, 0.15) is 16.3 Å². The molecule has 0 atom stereocenters. The normalized spacial score (nSPS) is 10.7. The molecule has 4 rings (SSSR count). The fourth-order valence-electron chi connectivity index (χ4n) is 2.68. The second-order valence-electron chi connectivity index (χ2n) is 6.56. The number of rotatable bonds is 8. The third-order valence-electron chi connectivity index (χ3n) is 4.24. The number of benzene rings is 2. The summed E-state index contributed by atoms with van der Waals surface area (Å²) in [5, 5.41) is 7.62. The monoisotopic (exact) mass is 535 g/mol. The number of aromatic nitrogens is 2. The van der Waals surface area contributed by atoms with Gasteiger partial charge in [0, 0.05) is 4.47 Å². The van der Waals surface area contributed by atoms with Gasteiger partial charge < -0.3 is 19.2 Å². The zero-order chi connectivity index (χ0) is 22.5. The van der Waals surface area contributed by atoms with Gasteiger partial charge in [-0.2, -0.15) is 5.10 Å². The van der Waals surface area contributed by atoms with Crippen molar-refractivity contribution in [1.29, 1.82) is 0 Å². The van der Waals surface area contributed by atoms with E-state index < -0.39 is 5.91 Å². The Bertz CT molecular complexity index is 1220. The molecule has 2 aromatic heterocycles. The summed E-state index contributed by atoms with van der Waals surface area (Å²) in [6.07, 6.45) is 3.18. The third kappa shape index (κ3) is 5.64. The van der Waals surface area contributed by atoms with Gasteiger partial charge in [-0.1, -0.05) is 45.2 Å². The van der Waals surface area contributed by atoms with Crippen molar-refractivity contribution in [2.24, 2.45) is 0 Å². The number of hydrogen-bond donors (Lipinski definition) is 1. The van der Waals surface area contributed by atoms with Crippen molar-refractivity contribution in [3.8, 4) is 11.5 Å². The zero-order valence-electron chi connectivity index (χ0n) is 16.4. The largest absolute Gasteiger partial charge is 0.484 e. The SMILES string of the molecule is O=C(Nc1cnn(COc2ccc(Br)cc2)c1)c1ccc(COc2cccc(Cl)c2Cl)o1. The standard InChI is InChI=1S/C22H16BrCl2N3O4/c23-14-4-6-16(7-5-14)31-13-28-11-15(10-26-28)27-22(29)20-9-8-17(32-20)12-30-19-3-1-2-18(24)21(19)25/h1-11H,12-13H2,(H,27,29). The van der Waals surface area contributed by atoms with Crippen LogP contribution in [0.4, 0.5) is 5.69 Å². The Hall–Kier alpha value is -2.94. The van der Waals surface area contributed by atoms with Crippen LogP contribution in [-0.4, -0.2) is 15.7 Å². The van der Waals surface area contributed by atoms with Crippen LogP contribution in [0.3, 0.4) is 0 Å². The van der Waals surface area contributed by atoms with E-state index in [1.165, 1.54) is 6.20 Å². The molecule has 0 saturated heterocycles. The number of ether oxygens (including phenoxy) is 2. The topological polar surface area (TPSA) is 78.5 Å². The van der Waals surface area contributed by atoms with Crippen LogP contribution in [0.5, 0.6) is 11.5 Å². The zero-order valence-corrected chi connectivity index (χ0v) is 19.5. The second-order valence-corrected chi connectivity index (χ2v) is 8.26. The van der Waals surface area contributed by atoms with Crippen LogP contribution in [0.15, 0.2) is 75.9 Å². The molecule has 0 fully saturated rings. The molecular weight excluding hydrogens is 521 g/mol. The summed E-state index contributed by atoms with van der Waals surface area (Å²) in [4.78, 5) is 12.5. The number of furan rings is 1. The Morgan fingerprint density at radius 2 is 1.91 bits per heavy atom. The molecular formula is C22H16BrCl2N3O4. The lowest BCUT2D eigenvalue weighted by Gasteiger charge is -2.07. The summed E-state index contributed by atoms with van der Waals surface area (Å²) in [5.41, 5.74) is 0.509. The highest BCUT2D eigenvalue weighted by molar-refractivity contribution is 9.10. The molecule has 0 radical (unpaired) electrons. The van der Waals surface area contributed by atoms with Crippen molar-refractivity contribution in [2.45, 2.75) is 13.3 Å². The van der Waals surface area contributed by atoms with Crippen LogP contribution in [-0.2, 0) is 13.3 Å². The Morgan fingerprint density at radius 3 is 2.72 bits per heavy atom. The maximum Gasteiger partial charge on any atom is 0.291 e. The lowest BCUT2D eigenvalue weighted by Crippen LogP contribution is -2.10. The fraction of sp³-hybridized carbons (Fsp3) is 0.0909. The van der Waals surface area contributed by atoms with Crippen LogP contribution in [0, 0.1) is 0 Å². The maximum atomic E-state index is 12.5.